The highest BCUT2D eigenvalue weighted by Crippen LogP contribution is 2.67. The van der Waals surface area contributed by atoms with Gasteiger partial charge in [0.2, 0.25) is 6.10 Å². The maximum atomic E-state index is 13.2. The minimum absolute atomic E-state index is 0.0530. The monoisotopic (exact) mass is 514 g/mol. The molecular formula is C28H34O9. The molecule has 1 aromatic rings. The van der Waals surface area contributed by atoms with Crippen LogP contribution in [0.15, 0.2) is 24.0 Å². The zero-order valence-corrected chi connectivity index (χ0v) is 21.7. The van der Waals surface area contributed by atoms with Gasteiger partial charge in [-0.1, -0.05) is 26.3 Å². The molecule has 1 aliphatic heterocycles. The van der Waals surface area contributed by atoms with E-state index in [4.69, 9.17) is 23.7 Å². The number of hydrogen-bond donors (Lipinski definition) is 1. The standard InChI is InChI=1S/C28H34O9/c1-15(2)14-34-22(30)13-21(35-16(3)29)26(31)36-20-9-11-28(32)18-6-5-10-27(28)23-17(12-18)7-8-19(33-4)24(23)37-25(20)27/h7-9,15,18,21,25,32H,5-6,10-14H2,1-4H3/t18-,21+,25+,27+,28-/m1/s1. The number of carbonyl (C=O) groups is 3. The molecule has 200 valence electrons. The first-order chi connectivity index (χ1) is 17.6. The molecule has 5 rings (SSSR count). The third-order valence-electron chi connectivity index (χ3n) is 8.19. The Hall–Kier alpha value is -3.07. The summed E-state index contributed by atoms with van der Waals surface area (Å²) < 4.78 is 28.2. The predicted octanol–water partition coefficient (Wildman–Crippen LogP) is 3.13. The van der Waals surface area contributed by atoms with E-state index in [9.17, 15) is 19.5 Å². The molecule has 1 aromatic carbocycles. The van der Waals surface area contributed by atoms with Crippen LogP contribution in [0.25, 0.3) is 0 Å². The maximum absolute atomic E-state index is 13.2. The van der Waals surface area contributed by atoms with E-state index in [-0.39, 0.29) is 24.2 Å². The van der Waals surface area contributed by atoms with Gasteiger partial charge >= 0.3 is 17.9 Å². The summed E-state index contributed by atoms with van der Waals surface area (Å²) in [6.07, 6.45) is 2.54. The third-order valence-corrected chi connectivity index (χ3v) is 8.19. The highest BCUT2D eigenvalue weighted by Gasteiger charge is 2.71. The fraction of sp³-hybridized carbons (Fsp3) is 0.607. The van der Waals surface area contributed by atoms with Crippen molar-refractivity contribution in [3.63, 3.8) is 0 Å². The molecule has 1 spiro atoms. The molecule has 1 N–H and O–H groups in total. The average Bonchev–Trinajstić information content (AvgIpc) is 3.18. The van der Waals surface area contributed by atoms with E-state index in [2.05, 4.69) is 0 Å². The van der Waals surface area contributed by atoms with Crippen LogP contribution in [-0.4, -0.2) is 54.5 Å². The smallest absolute Gasteiger partial charge is 0.353 e. The number of aliphatic hydroxyl groups is 1. The number of ether oxygens (including phenoxy) is 5. The van der Waals surface area contributed by atoms with Crippen molar-refractivity contribution >= 4 is 17.9 Å². The van der Waals surface area contributed by atoms with Crippen molar-refractivity contribution in [1.82, 2.24) is 0 Å². The molecule has 0 radical (unpaired) electrons. The summed E-state index contributed by atoms with van der Waals surface area (Å²) in [4.78, 5) is 37.2. The second-order valence-corrected chi connectivity index (χ2v) is 10.9. The zero-order valence-electron chi connectivity index (χ0n) is 21.7. The number of carbonyl (C=O) groups excluding carboxylic acids is 3. The van der Waals surface area contributed by atoms with Gasteiger partial charge in [-0.3, -0.25) is 9.59 Å². The van der Waals surface area contributed by atoms with Crippen LogP contribution in [0, 0.1) is 11.8 Å². The summed E-state index contributed by atoms with van der Waals surface area (Å²) in [7, 11) is 1.57. The molecule has 0 saturated heterocycles. The summed E-state index contributed by atoms with van der Waals surface area (Å²) in [5.41, 5.74) is 0.216. The molecule has 1 heterocycles. The van der Waals surface area contributed by atoms with Gasteiger partial charge in [0.1, 0.15) is 5.76 Å². The van der Waals surface area contributed by atoms with E-state index in [1.54, 1.807) is 13.2 Å². The van der Waals surface area contributed by atoms with Crippen LogP contribution in [0.2, 0.25) is 0 Å². The quantitative estimate of drug-likeness (QED) is 0.412. The van der Waals surface area contributed by atoms with Crippen molar-refractivity contribution < 1.29 is 43.2 Å². The van der Waals surface area contributed by atoms with E-state index in [1.807, 2.05) is 26.0 Å². The Balaban J connectivity index is 1.45. The van der Waals surface area contributed by atoms with Gasteiger partial charge in [0.15, 0.2) is 17.6 Å². The number of rotatable bonds is 8. The van der Waals surface area contributed by atoms with Crippen LogP contribution in [0.3, 0.4) is 0 Å². The highest BCUT2D eigenvalue weighted by molar-refractivity contribution is 5.85. The normalized spacial score (nSPS) is 29.4. The summed E-state index contributed by atoms with van der Waals surface area (Å²) in [6.45, 7) is 5.13. The highest BCUT2D eigenvalue weighted by atomic mass is 16.6. The number of esters is 3. The van der Waals surface area contributed by atoms with Gasteiger partial charge in [-0.05, 0) is 55.2 Å². The first-order valence-electron chi connectivity index (χ1n) is 12.9. The molecule has 1 saturated carbocycles. The SMILES string of the molecule is COc1ccc2c3c1O[C@H]1C(OC(=O)[C@H](CC(=O)OCC(C)C)OC(C)=O)=CC[C@@]4(O)[C@H](CCC[C@]314)C2. The average molecular weight is 515 g/mol. The summed E-state index contributed by atoms with van der Waals surface area (Å²) >= 11 is 0. The second-order valence-electron chi connectivity index (χ2n) is 10.9. The lowest BCUT2D eigenvalue weighted by Gasteiger charge is -2.59. The molecule has 2 bridgehead atoms. The van der Waals surface area contributed by atoms with Crippen LogP contribution in [0.1, 0.15) is 64.0 Å². The van der Waals surface area contributed by atoms with Crippen molar-refractivity contribution in [3.05, 3.63) is 35.1 Å². The van der Waals surface area contributed by atoms with Crippen LogP contribution in [0.4, 0.5) is 0 Å². The molecule has 3 aliphatic carbocycles. The molecule has 0 unspecified atom stereocenters. The molecule has 0 aromatic heterocycles. The number of hydrogen-bond acceptors (Lipinski definition) is 9. The molecule has 5 atom stereocenters. The molecule has 0 amide bonds. The van der Waals surface area contributed by atoms with Gasteiger partial charge in [-0.15, -0.1) is 0 Å². The Labute approximate surface area is 216 Å². The minimum Gasteiger partial charge on any atom is -0.493 e. The lowest BCUT2D eigenvalue weighted by molar-refractivity contribution is -0.174. The van der Waals surface area contributed by atoms with E-state index in [0.717, 1.165) is 37.3 Å². The Bertz CT molecular complexity index is 1150. The van der Waals surface area contributed by atoms with Crippen LogP contribution < -0.4 is 9.47 Å². The van der Waals surface area contributed by atoms with Gasteiger partial charge < -0.3 is 28.8 Å². The van der Waals surface area contributed by atoms with Gasteiger partial charge in [0, 0.05) is 12.5 Å². The van der Waals surface area contributed by atoms with Crippen LogP contribution in [0.5, 0.6) is 11.5 Å². The molecule has 37 heavy (non-hydrogen) atoms. The fourth-order valence-electron chi connectivity index (χ4n) is 6.71. The lowest BCUT2D eigenvalue weighted by atomic mass is 9.47. The Morgan fingerprint density at radius 1 is 1.24 bits per heavy atom. The Kier molecular flexibility index (Phi) is 6.46. The van der Waals surface area contributed by atoms with Crippen LogP contribution >= 0.6 is 0 Å². The van der Waals surface area contributed by atoms with E-state index in [0.29, 0.717) is 24.3 Å². The van der Waals surface area contributed by atoms with Gasteiger partial charge in [0.05, 0.1) is 31.2 Å². The summed E-state index contributed by atoms with van der Waals surface area (Å²) in [5, 5.41) is 12.1. The van der Waals surface area contributed by atoms with E-state index >= 15 is 0 Å². The summed E-state index contributed by atoms with van der Waals surface area (Å²) in [6, 6.07) is 3.91. The first kappa shape index (κ1) is 25.6. The van der Waals surface area contributed by atoms with E-state index in [1.165, 1.54) is 0 Å². The first-order valence-corrected chi connectivity index (χ1v) is 12.9. The molecule has 1 fully saturated rings. The third kappa shape index (κ3) is 3.98. The molecule has 9 heteroatoms. The predicted molar refractivity (Wildman–Crippen MR) is 130 cm³/mol. The lowest BCUT2D eigenvalue weighted by Crippen LogP contribution is -2.67. The number of methoxy groups -OCH3 is 1. The fourth-order valence-corrected chi connectivity index (χ4v) is 6.71. The van der Waals surface area contributed by atoms with Crippen molar-refractivity contribution in [3.8, 4) is 11.5 Å². The molecule has 4 aliphatic rings. The summed E-state index contributed by atoms with van der Waals surface area (Å²) in [5.74, 6) is -0.724. The van der Waals surface area contributed by atoms with Gasteiger partial charge in [-0.2, -0.15) is 0 Å². The largest absolute Gasteiger partial charge is 0.493 e. The minimum atomic E-state index is -1.46. The maximum Gasteiger partial charge on any atom is 0.353 e. The second kappa shape index (κ2) is 9.35. The van der Waals surface area contributed by atoms with E-state index < -0.39 is 47.6 Å². The van der Waals surface area contributed by atoms with Crippen LogP contribution in [-0.2, 0) is 40.4 Å². The molecule has 9 nitrogen and oxygen atoms in total. The van der Waals surface area contributed by atoms with Crippen molar-refractivity contribution in [1.29, 1.82) is 0 Å². The Morgan fingerprint density at radius 3 is 2.73 bits per heavy atom. The topological polar surface area (TPSA) is 118 Å². The Morgan fingerprint density at radius 2 is 2.03 bits per heavy atom. The number of benzene rings is 1. The van der Waals surface area contributed by atoms with Crippen molar-refractivity contribution in [2.45, 2.75) is 82.5 Å². The van der Waals surface area contributed by atoms with Gasteiger partial charge in [0.25, 0.3) is 0 Å². The van der Waals surface area contributed by atoms with Crippen molar-refractivity contribution in [2.24, 2.45) is 11.8 Å². The zero-order chi connectivity index (χ0) is 26.5. The van der Waals surface area contributed by atoms with Gasteiger partial charge in [-0.25, -0.2) is 4.79 Å². The van der Waals surface area contributed by atoms with Crippen molar-refractivity contribution in [2.75, 3.05) is 13.7 Å². The molecular weight excluding hydrogens is 480 g/mol.